The van der Waals surface area contributed by atoms with Gasteiger partial charge < -0.3 is 15.4 Å². The summed E-state index contributed by atoms with van der Waals surface area (Å²) in [5, 5.41) is 0. The average Bonchev–Trinajstić information content (AvgIpc) is 2.95. The van der Waals surface area contributed by atoms with Crippen molar-refractivity contribution in [3.63, 3.8) is 0 Å². The Morgan fingerprint density at radius 1 is 1.35 bits per heavy atom. The molecule has 1 heterocycles. The molecule has 1 aliphatic rings. The van der Waals surface area contributed by atoms with Crippen LogP contribution in [0.4, 0.5) is 13.2 Å². The van der Waals surface area contributed by atoms with Crippen molar-refractivity contribution < 1.29 is 27.5 Å². The quantitative estimate of drug-likeness (QED) is 0.917. The molecular weight excluding hydrogens is 313 g/mol. The van der Waals surface area contributed by atoms with Gasteiger partial charge in [-0.05, 0) is 31.9 Å². The molecule has 0 spiro atoms. The molecule has 1 aromatic rings. The molecular formula is C15H17F3N2O3. The molecule has 8 heteroatoms. The van der Waals surface area contributed by atoms with Gasteiger partial charge in [0.1, 0.15) is 11.8 Å². The Morgan fingerprint density at radius 2 is 2.00 bits per heavy atom. The van der Waals surface area contributed by atoms with E-state index in [1.165, 1.54) is 24.0 Å². The fraction of sp³-hybridized carbons (Fsp3) is 0.467. The van der Waals surface area contributed by atoms with E-state index < -0.39 is 41.4 Å². The second-order valence-corrected chi connectivity index (χ2v) is 5.35. The Morgan fingerprint density at radius 3 is 2.61 bits per heavy atom. The largest absolute Gasteiger partial charge is 0.480 e. The van der Waals surface area contributed by atoms with Crippen LogP contribution in [-0.4, -0.2) is 35.4 Å². The molecule has 0 bridgehead atoms. The average molecular weight is 330 g/mol. The molecule has 0 aliphatic carbocycles. The van der Waals surface area contributed by atoms with Crippen LogP contribution in [0, 0.1) is 0 Å². The van der Waals surface area contributed by atoms with E-state index in [4.69, 9.17) is 10.5 Å². The molecule has 1 aliphatic heterocycles. The highest BCUT2D eigenvalue weighted by Gasteiger charge is 2.37. The molecule has 0 radical (unpaired) electrons. The zero-order valence-electron chi connectivity index (χ0n) is 12.5. The molecule has 2 amide bonds. The molecule has 0 aromatic heterocycles. The van der Waals surface area contributed by atoms with Crippen LogP contribution in [-0.2, 0) is 15.8 Å². The van der Waals surface area contributed by atoms with Crippen molar-refractivity contribution >= 4 is 11.8 Å². The van der Waals surface area contributed by atoms with E-state index in [1.807, 2.05) is 0 Å². The molecule has 0 unspecified atom stereocenters. The van der Waals surface area contributed by atoms with Crippen molar-refractivity contribution in [2.24, 2.45) is 5.73 Å². The summed E-state index contributed by atoms with van der Waals surface area (Å²) in [6.07, 6.45) is -4.67. The van der Waals surface area contributed by atoms with Crippen LogP contribution >= 0.6 is 0 Å². The Bertz CT molecular complexity index is 604. The summed E-state index contributed by atoms with van der Waals surface area (Å²) in [4.78, 5) is 24.9. The maximum absolute atomic E-state index is 12.9. The number of amides is 2. The van der Waals surface area contributed by atoms with Gasteiger partial charge in [-0.15, -0.1) is 0 Å². The fourth-order valence-corrected chi connectivity index (χ4v) is 2.60. The van der Waals surface area contributed by atoms with E-state index in [1.54, 1.807) is 0 Å². The first-order valence-electron chi connectivity index (χ1n) is 7.14. The number of alkyl halides is 3. The predicted molar refractivity (Wildman–Crippen MR) is 75.5 cm³/mol. The van der Waals surface area contributed by atoms with E-state index in [0.717, 1.165) is 12.1 Å². The van der Waals surface area contributed by atoms with Crippen LogP contribution in [0.5, 0.6) is 5.75 Å². The van der Waals surface area contributed by atoms with Gasteiger partial charge in [0.15, 0.2) is 6.10 Å². The number of ether oxygens (including phenoxy) is 1. The fourth-order valence-electron chi connectivity index (χ4n) is 2.60. The number of benzene rings is 1. The van der Waals surface area contributed by atoms with Gasteiger partial charge >= 0.3 is 6.18 Å². The van der Waals surface area contributed by atoms with Gasteiger partial charge in [0.05, 0.1) is 5.56 Å². The monoisotopic (exact) mass is 330 g/mol. The normalized spacial score (nSPS) is 19.5. The van der Waals surface area contributed by atoms with Gasteiger partial charge in [0.25, 0.3) is 5.91 Å². The lowest BCUT2D eigenvalue weighted by molar-refractivity contribution is -0.145. The van der Waals surface area contributed by atoms with E-state index in [9.17, 15) is 22.8 Å². The number of hydrogen-bond donors (Lipinski definition) is 1. The minimum Gasteiger partial charge on any atom is -0.480 e. The van der Waals surface area contributed by atoms with Crippen molar-refractivity contribution in [3.8, 4) is 5.75 Å². The zero-order chi connectivity index (χ0) is 17.2. The van der Waals surface area contributed by atoms with Gasteiger partial charge in [-0.1, -0.05) is 12.1 Å². The first-order chi connectivity index (χ1) is 10.7. The van der Waals surface area contributed by atoms with Gasteiger partial charge in [-0.3, -0.25) is 9.59 Å². The maximum atomic E-state index is 12.9. The predicted octanol–water partition coefficient (Wildman–Crippen LogP) is 1.95. The molecule has 1 fully saturated rings. The van der Waals surface area contributed by atoms with Crippen LogP contribution in [0.1, 0.15) is 25.3 Å². The molecule has 0 saturated carbocycles. The number of hydrogen-bond acceptors (Lipinski definition) is 3. The van der Waals surface area contributed by atoms with Crippen LogP contribution in [0.2, 0.25) is 0 Å². The minimum absolute atomic E-state index is 0.334. The Kier molecular flexibility index (Phi) is 4.82. The number of carbonyl (C=O) groups is 2. The standard InChI is InChI=1S/C15H17F3N2O3/c1-9(14(22)20-8-4-6-11(20)13(19)21)23-12-7-3-2-5-10(12)15(16,17)18/h2-3,5,7,9,11H,4,6,8H2,1H3,(H2,19,21)/t9-,11-/m1/s1. The second kappa shape index (κ2) is 6.47. The summed E-state index contributed by atoms with van der Waals surface area (Å²) in [7, 11) is 0. The summed E-state index contributed by atoms with van der Waals surface area (Å²) < 4.78 is 44.0. The SMILES string of the molecule is C[C@@H](Oc1ccccc1C(F)(F)F)C(=O)N1CCC[C@@H]1C(N)=O. The van der Waals surface area contributed by atoms with Crippen LogP contribution < -0.4 is 10.5 Å². The second-order valence-electron chi connectivity index (χ2n) is 5.35. The third kappa shape index (κ3) is 3.75. The van der Waals surface area contributed by atoms with Crippen molar-refractivity contribution in [3.05, 3.63) is 29.8 Å². The van der Waals surface area contributed by atoms with Gasteiger partial charge in [-0.25, -0.2) is 0 Å². The van der Waals surface area contributed by atoms with Crippen molar-refractivity contribution in [1.82, 2.24) is 4.90 Å². The lowest BCUT2D eigenvalue weighted by Gasteiger charge is -2.26. The third-order valence-corrected chi connectivity index (χ3v) is 3.71. The summed E-state index contributed by atoms with van der Waals surface area (Å²) in [5.41, 5.74) is 4.29. The summed E-state index contributed by atoms with van der Waals surface area (Å²) in [6.45, 7) is 1.69. The highest BCUT2D eigenvalue weighted by molar-refractivity contribution is 5.89. The van der Waals surface area contributed by atoms with Crippen LogP contribution in [0.15, 0.2) is 24.3 Å². The van der Waals surface area contributed by atoms with Crippen molar-refractivity contribution in [1.29, 1.82) is 0 Å². The number of nitrogens with two attached hydrogens (primary N) is 1. The van der Waals surface area contributed by atoms with E-state index in [-0.39, 0.29) is 0 Å². The van der Waals surface area contributed by atoms with Gasteiger partial charge in [-0.2, -0.15) is 13.2 Å². The number of carbonyl (C=O) groups excluding carboxylic acids is 2. The molecule has 2 rings (SSSR count). The Hall–Kier alpha value is -2.25. The lowest BCUT2D eigenvalue weighted by Crippen LogP contribution is -2.48. The molecule has 2 atom stereocenters. The number of halogens is 3. The lowest BCUT2D eigenvalue weighted by atomic mass is 10.2. The minimum atomic E-state index is -4.58. The first kappa shape index (κ1) is 17.1. The Balaban J connectivity index is 2.15. The molecule has 1 aromatic carbocycles. The highest BCUT2D eigenvalue weighted by Crippen LogP contribution is 2.36. The topological polar surface area (TPSA) is 72.6 Å². The Labute approximate surface area is 131 Å². The molecule has 5 nitrogen and oxygen atoms in total. The van der Waals surface area contributed by atoms with Crippen LogP contribution in [0.25, 0.3) is 0 Å². The van der Waals surface area contributed by atoms with Crippen LogP contribution in [0.3, 0.4) is 0 Å². The summed E-state index contributed by atoms with van der Waals surface area (Å²) >= 11 is 0. The zero-order valence-corrected chi connectivity index (χ0v) is 12.5. The summed E-state index contributed by atoms with van der Waals surface area (Å²) in [6, 6.07) is 3.94. The molecule has 126 valence electrons. The smallest absolute Gasteiger partial charge is 0.419 e. The number of likely N-dealkylation sites (tertiary alicyclic amines) is 1. The third-order valence-electron chi connectivity index (χ3n) is 3.71. The number of rotatable bonds is 4. The maximum Gasteiger partial charge on any atom is 0.419 e. The number of para-hydroxylation sites is 1. The summed E-state index contributed by atoms with van der Waals surface area (Å²) in [5.74, 6) is -1.60. The van der Waals surface area contributed by atoms with E-state index in [2.05, 4.69) is 0 Å². The highest BCUT2D eigenvalue weighted by atomic mass is 19.4. The van der Waals surface area contributed by atoms with Crippen molar-refractivity contribution in [2.45, 2.75) is 38.1 Å². The van der Waals surface area contributed by atoms with Gasteiger partial charge in [0, 0.05) is 6.54 Å². The molecule has 2 N–H and O–H groups in total. The van der Waals surface area contributed by atoms with Gasteiger partial charge in [0.2, 0.25) is 5.91 Å². The molecule has 1 saturated heterocycles. The van der Waals surface area contributed by atoms with Crippen molar-refractivity contribution in [2.75, 3.05) is 6.54 Å². The number of primary amides is 1. The van der Waals surface area contributed by atoms with E-state index in [0.29, 0.717) is 19.4 Å². The first-order valence-corrected chi connectivity index (χ1v) is 7.14. The number of nitrogens with zero attached hydrogens (tertiary/aromatic N) is 1. The molecule has 23 heavy (non-hydrogen) atoms. The van der Waals surface area contributed by atoms with E-state index >= 15 is 0 Å².